The average Bonchev–Trinajstić information content (AvgIpc) is 3.56. The minimum atomic E-state index is -0.273. The summed E-state index contributed by atoms with van der Waals surface area (Å²) in [5, 5.41) is 0.454. The molecular weight excluding hydrogens is 454 g/mol. The summed E-state index contributed by atoms with van der Waals surface area (Å²) in [5.74, 6) is 2.23. The van der Waals surface area contributed by atoms with Gasteiger partial charge in [0.15, 0.2) is 23.1 Å². The summed E-state index contributed by atoms with van der Waals surface area (Å²) < 4.78 is 17.0. The third kappa shape index (κ3) is 3.47. The Balaban J connectivity index is 1.35. The highest BCUT2D eigenvalue weighted by molar-refractivity contribution is 7.20. The zero-order chi connectivity index (χ0) is 23.2. The van der Waals surface area contributed by atoms with Crippen LogP contribution in [0.4, 0.5) is 0 Å². The van der Waals surface area contributed by atoms with E-state index in [2.05, 4.69) is 9.97 Å². The molecule has 0 aliphatic carbocycles. The summed E-state index contributed by atoms with van der Waals surface area (Å²) in [7, 11) is 0. The number of fused-ring (bicyclic) bond motifs is 2. The first-order valence-corrected chi connectivity index (χ1v) is 12.2. The minimum absolute atomic E-state index is 0.0563. The first-order valence-electron chi connectivity index (χ1n) is 11.4. The molecule has 0 radical (unpaired) electrons. The molecule has 1 saturated heterocycles. The molecule has 1 atom stereocenters. The number of H-pyrrole nitrogens is 1. The van der Waals surface area contributed by atoms with E-state index in [1.807, 2.05) is 30.0 Å². The number of benzene rings is 1. The van der Waals surface area contributed by atoms with Crippen molar-refractivity contribution in [3.63, 3.8) is 0 Å². The number of furan rings is 1. The standard InChI is InChI=1S/C25H23N3O5S/c1-14-20-23(29)26-22(18-6-3-10-32-18)27-24(20)34-21(14)25(30)28-9-2-5-16(28)15-7-8-17-19(13-15)33-12-4-11-31-17/h3,6-8,10,13,16H,2,4-5,9,11-12H2,1H3,(H,26,27,29). The Kier molecular flexibility index (Phi) is 5.13. The number of hydrogen-bond acceptors (Lipinski definition) is 7. The molecule has 1 fully saturated rings. The zero-order valence-corrected chi connectivity index (χ0v) is 19.4. The van der Waals surface area contributed by atoms with Crippen molar-refractivity contribution in [1.82, 2.24) is 14.9 Å². The van der Waals surface area contributed by atoms with Crippen LogP contribution in [0, 0.1) is 6.92 Å². The number of hydrogen-bond donors (Lipinski definition) is 1. The third-order valence-corrected chi connectivity index (χ3v) is 7.59. The molecule has 1 unspecified atom stereocenters. The molecule has 5 heterocycles. The highest BCUT2D eigenvalue weighted by Crippen LogP contribution is 2.40. The van der Waals surface area contributed by atoms with Crippen LogP contribution in [0.15, 0.2) is 45.8 Å². The largest absolute Gasteiger partial charge is 0.490 e. The van der Waals surface area contributed by atoms with E-state index in [4.69, 9.17) is 13.9 Å². The van der Waals surface area contributed by atoms with E-state index >= 15 is 0 Å². The molecule has 8 nitrogen and oxygen atoms in total. The first kappa shape index (κ1) is 21.0. The predicted octanol–water partition coefficient (Wildman–Crippen LogP) is 4.69. The van der Waals surface area contributed by atoms with Crippen LogP contribution in [-0.2, 0) is 0 Å². The quantitative estimate of drug-likeness (QED) is 0.460. The van der Waals surface area contributed by atoms with Crippen molar-refractivity contribution >= 4 is 27.5 Å². The van der Waals surface area contributed by atoms with E-state index in [0.29, 0.717) is 52.0 Å². The maximum absolute atomic E-state index is 13.7. The molecule has 0 saturated carbocycles. The van der Waals surface area contributed by atoms with Gasteiger partial charge in [0.2, 0.25) is 0 Å². The number of carbonyl (C=O) groups excluding carboxylic acids is 1. The van der Waals surface area contributed by atoms with Gasteiger partial charge in [0, 0.05) is 13.0 Å². The van der Waals surface area contributed by atoms with Crippen LogP contribution in [0.2, 0.25) is 0 Å². The summed E-state index contributed by atoms with van der Waals surface area (Å²) in [6.07, 6.45) is 4.16. The van der Waals surface area contributed by atoms with Crippen molar-refractivity contribution in [2.24, 2.45) is 0 Å². The summed E-state index contributed by atoms with van der Waals surface area (Å²) in [5.41, 5.74) is 1.42. The Morgan fingerprint density at radius 1 is 1.18 bits per heavy atom. The lowest BCUT2D eigenvalue weighted by atomic mass is 10.0. The van der Waals surface area contributed by atoms with Crippen molar-refractivity contribution in [1.29, 1.82) is 0 Å². The monoisotopic (exact) mass is 477 g/mol. The van der Waals surface area contributed by atoms with Crippen LogP contribution in [-0.4, -0.2) is 40.5 Å². The molecule has 4 aromatic rings. The SMILES string of the molecule is Cc1c(C(=O)N2CCCC2c2ccc3c(c2)OCCCO3)sc2nc(-c3ccco3)[nH]c(=O)c12. The summed E-state index contributed by atoms with van der Waals surface area (Å²) in [4.78, 5) is 36.9. The number of thiophene rings is 1. The van der Waals surface area contributed by atoms with Crippen molar-refractivity contribution in [3.8, 4) is 23.1 Å². The fourth-order valence-electron chi connectivity index (χ4n) is 4.75. The van der Waals surface area contributed by atoms with Gasteiger partial charge in [0.1, 0.15) is 4.83 Å². The second kappa shape index (κ2) is 8.32. The molecule has 1 N–H and O–H groups in total. The molecule has 6 rings (SSSR count). The average molecular weight is 478 g/mol. The van der Waals surface area contributed by atoms with Gasteiger partial charge in [-0.15, -0.1) is 11.3 Å². The van der Waals surface area contributed by atoms with Crippen LogP contribution in [0.1, 0.15) is 46.1 Å². The lowest BCUT2D eigenvalue weighted by Gasteiger charge is -2.25. The molecule has 174 valence electrons. The lowest BCUT2D eigenvalue weighted by molar-refractivity contribution is 0.0740. The van der Waals surface area contributed by atoms with Gasteiger partial charge in [-0.2, -0.15) is 0 Å². The topological polar surface area (TPSA) is 97.7 Å². The van der Waals surface area contributed by atoms with Crippen LogP contribution < -0.4 is 15.0 Å². The van der Waals surface area contributed by atoms with Crippen molar-refractivity contribution < 1.29 is 18.7 Å². The van der Waals surface area contributed by atoms with Gasteiger partial charge in [-0.3, -0.25) is 9.59 Å². The van der Waals surface area contributed by atoms with Crippen molar-refractivity contribution in [3.05, 3.63) is 63.0 Å². The molecular formula is C25H23N3O5S. The van der Waals surface area contributed by atoms with Crippen LogP contribution in [0.3, 0.4) is 0 Å². The number of aromatic nitrogens is 2. The molecule has 1 aromatic carbocycles. The Morgan fingerprint density at radius 3 is 2.85 bits per heavy atom. The number of aryl methyl sites for hydroxylation is 1. The van der Waals surface area contributed by atoms with Crippen LogP contribution in [0.5, 0.6) is 11.5 Å². The van der Waals surface area contributed by atoms with Gasteiger partial charge in [-0.05, 0) is 55.2 Å². The molecule has 3 aromatic heterocycles. The Morgan fingerprint density at radius 2 is 2.03 bits per heavy atom. The van der Waals surface area contributed by atoms with E-state index in [1.165, 1.54) is 17.6 Å². The van der Waals surface area contributed by atoms with Crippen LogP contribution >= 0.6 is 11.3 Å². The van der Waals surface area contributed by atoms with Gasteiger partial charge in [0.05, 0.1) is 35.8 Å². The zero-order valence-electron chi connectivity index (χ0n) is 18.6. The minimum Gasteiger partial charge on any atom is -0.490 e. The van der Waals surface area contributed by atoms with Crippen molar-refractivity contribution in [2.75, 3.05) is 19.8 Å². The smallest absolute Gasteiger partial charge is 0.264 e. The van der Waals surface area contributed by atoms with E-state index in [1.54, 1.807) is 12.1 Å². The molecule has 0 bridgehead atoms. The lowest BCUT2D eigenvalue weighted by Crippen LogP contribution is -2.30. The van der Waals surface area contributed by atoms with Gasteiger partial charge in [-0.1, -0.05) is 6.07 Å². The molecule has 2 aliphatic rings. The third-order valence-electron chi connectivity index (χ3n) is 6.42. The predicted molar refractivity (Wildman–Crippen MR) is 128 cm³/mol. The second-order valence-electron chi connectivity index (χ2n) is 8.54. The highest BCUT2D eigenvalue weighted by atomic mass is 32.1. The van der Waals surface area contributed by atoms with E-state index in [0.717, 1.165) is 36.3 Å². The van der Waals surface area contributed by atoms with Gasteiger partial charge in [0.25, 0.3) is 11.5 Å². The number of amides is 1. The number of carbonyl (C=O) groups is 1. The maximum Gasteiger partial charge on any atom is 0.264 e. The Hall–Kier alpha value is -3.59. The first-order chi connectivity index (χ1) is 16.6. The fourth-order valence-corrected chi connectivity index (χ4v) is 5.89. The number of rotatable bonds is 3. The number of aromatic amines is 1. The van der Waals surface area contributed by atoms with E-state index in [9.17, 15) is 9.59 Å². The molecule has 0 spiro atoms. The van der Waals surface area contributed by atoms with Gasteiger partial charge in [-0.25, -0.2) is 4.98 Å². The normalized spacial score (nSPS) is 17.8. The number of likely N-dealkylation sites (tertiary alicyclic amines) is 1. The van der Waals surface area contributed by atoms with Crippen LogP contribution in [0.25, 0.3) is 21.8 Å². The molecule has 34 heavy (non-hydrogen) atoms. The summed E-state index contributed by atoms with van der Waals surface area (Å²) in [6, 6.07) is 9.36. The number of nitrogens with zero attached hydrogens (tertiary/aromatic N) is 2. The second-order valence-corrected chi connectivity index (χ2v) is 9.54. The maximum atomic E-state index is 13.7. The number of ether oxygens (including phenoxy) is 2. The van der Waals surface area contributed by atoms with E-state index < -0.39 is 0 Å². The summed E-state index contributed by atoms with van der Waals surface area (Å²) >= 11 is 1.26. The van der Waals surface area contributed by atoms with Gasteiger partial charge < -0.3 is 23.8 Å². The molecule has 1 amide bonds. The molecule has 9 heteroatoms. The molecule has 2 aliphatic heterocycles. The Labute approximate surface area is 199 Å². The van der Waals surface area contributed by atoms with Gasteiger partial charge >= 0.3 is 0 Å². The van der Waals surface area contributed by atoms with E-state index in [-0.39, 0.29) is 17.5 Å². The van der Waals surface area contributed by atoms with Crippen molar-refractivity contribution in [2.45, 2.75) is 32.2 Å². The Bertz CT molecular complexity index is 1440. The highest BCUT2D eigenvalue weighted by Gasteiger charge is 2.33. The number of nitrogens with one attached hydrogen (secondary N) is 1. The summed E-state index contributed by atoms with van der Waals surface area (Å²) in [6.45, 7) is 3.73. The fraction of sp³-hybridized carbons (Fsp3) is 0.320.